The summed E-state index contributed by atoms with van der Waals surface area (Å²) in [5.41, 5.74) is 0. The Morgan fingerprint density at radius 3 is 2.57 bits per heavy atom. The molecule has 21 heavy (non-hydrogen) atoms. The number of nitrogens with zero attached hydrogens (tertiary/aromatic N) is 1. The van der Waals surface area contributed by atoms with Crippen LogP contribution in [0.1, 0.15) is 51.9 Å². The molecule has 1 atom stereocenters. The van der Waals surface area contributed by atoms with Crippen LogP contribution in [0, 0.1) is 5.92 Å². The third kappa shape index (κ3) is 5.65. The SMILES string of the molecule is CC(=O)NCC1CCN(C(=O)CCC2CCCCN2)CC1. The maximum atomic E-state index is 12.2. The summed E-state index contributed by atoms with van der Waals surface area (Å²) in [6.07, 6.45) is 7.44. The molecule has 5 nitrogen and oxygen atoms in total. The fraction of sp³-hybridized carbons (Fsp3) is 0.875. The van der Waals surface area contributed by atoms with Gasteiger partial charge in [0.1, 0.15) is 0 Å². The summed E-state index contributed by atoms with van der Waals surface area (Å²) in [5.74, 6) is 0.867. The van der Waals surface area contributed by atoms with Gasteiger partial charge in [0.15, 0.2) is 0 Å². The third-order valence-corrected chi connectivity index (χ3v) is 4.73. The number of hydrogen-bond acceptors (Lipinski definition) is 3. The van der Waals surface area contributed by atoms with Gasteiger partial charge in [-0.1, -0.05) is 6.42 Å². The topological polar surface area (TPSA) is 61.4 Å². The Bertz CT molecular complexity index is 345. The van der Waals surface area contributed by atoms with E-state index < -0.39 is 0 Å². The molecular formula is C16H29N3O2. The average molecular weight is 295 g/mol. The van der Waals surface area contributed by atoms with Gasteiger partial charge < -0.3 is 15.5 Å². The zero-order valence-corrected chi connectivity index (χ0v) is 13.2. The summed E-state index contributed by atoms with van der Waals surface area (Å²) in [6, 6.07) is 0.542. The second kappa shape index (κ2) is 8.37. The second-order valence-electron chi connectivity index (χ2n) is 6.45. The van der Waals surface area contributed by atoms with Crippen molar-refractivity contribution >= 4 is 11.8 Å². The molecule has 0 aliphatic carbocycles. The molecule has 0 aromatic rings. The Kier molecular flexibility index (Phi) is 6.49. The monoisotopic (exact) mass is 295 g/mol. The molecule has 2 aliphatic heterocycles. The fourth-order valence-corrected chi connectivity index (χ4v) is 3.30. The average Bonchev–Trinajstić information content (AvgIpc) is 2.52. The van der Waals surface area contributed by atoms with Crippen LogP contribution in [0.3, 0.4) is 0 Å². The molecule has 0 aromatic heterocycles. The lowest BCUT2D eigenvalue weighted by atomic mass is 9.95. The molecule has 2 saturated heterocycles. The maximum Gasteiger partial charge on any atom is 0.222 e. The van der Waals surface area contributed by atoms with Gasteiger partial charge in [-0.3, -0.25) is 9.59 Å². The minimum atomic E-state index is 0.0356. The minimum absolute atomic E-state index is 0.0356. The summed E-state index contributed by atoms with van der Waals surface area (Å²) < 4.78 is 0. The minimum Gasteiger partial charge on any atom is -0.356 e. The summed E-state index contributed by atoms with van der Waals surface area (Å²) in [6.45, 7) is 5.11. The molecule has 0 aromatic carbocycles. The Morgan fingerprint density at radius 2 is 1.95 bits per heavy atom. The highest BCUT2D eigenvalue weighted by Crippen LogP contribution is 2.18. The van der Waals surface area contributed by atoms with Gasteiger partial charge in [0.2, 0.25) is 11.8 Å². The number of amides is 2. The highest BCUT2D eigenvalue weighted by atomic mass is 16.2. The van der Waals surface area contributed by atoms with Crippen LogP contribution in [-0.4, -0.2) is 48.9 Å². The van der Waals surface area contributed by atoms with Crippen LogP contribution < -0.4 is 10.6 Å². The van der Waals surface area contributed by atoms with Crippen molar-refractivity contribution in [3.05, 3.63) is 0 Å². The summed E-state index contributed by atoms with van der Waals surface area (Å²) in [7, 11) is 0. The number of hydrogen-bond donors (Lipinski definition) is 2. The van der Waals surface area contributed by atoms with Crippen LogP contribution in [0.4, 0.5) is 0 Å². The molecule has 2 rings (SSSR count). The van der Waals surface area contributed by atoms with E-state index in [0.717, 1.165) is 45.4 Å². The first kappa shape index (κ1) is 16.3. The van der Waals surface area contributed by atoms with E-state index in [1.54, 1.807) is 6.92 Å². The van der Waals surface area contributed by atoms with Gasteiger partial charge in [0.25, 0.3) is 0 Å². The van der Waals surface area contributed by atoms with Crippen LogP contribution in [0.5, 0.6) is 0 Å². The van der Waals surface area contributed by atoms with E-state index in [-0.39, 0.29) is 5.91 Å². The van der Waals surface area contributed by atoms with Crippen LogP contribution >= 0.6 is 0 Å². The van der Waals surface area contributed by atoms with E-state index >= 15 is 0 Å². The Labute approximate surface area is 127 Å². The van der Waals surface area contributed by atoms with Crippen molar-refractivity contribution in [3.63, 3.8) is 0 Å². The van der Waals surface area contributed by atoms with E-state index in [0.29, 0.717) is 24.3 Å². The van der Waals surface area contributed by atoms with Crippen molar-refractivity contribution in [1.29, 1.82) is 0 Å². The lowest BCUT2D eigenvalue weighted by molar-refractivity contribution is -0.133. The molecule has 0 spiro atoms. The zero-order valence-electron chi connectivity index (χ0n) is 13.2. The van der Waals surface area contributed by atoms with Gasteiger partial charge in [-0.2, -0.15) is 0 Å². The van der Waals surface area contributed by atoms with Crippen molar-refractivity contribution in [2.45, 2.75) is 57.9 Å². The van der Waals surface area contributed by atoms with Crippen molar-refractivity contribution in [3.8, 4) is 0 Å². The molecule has 2 aliphatic rings. The van der Waals surface area contributed by atoms with Crippen LogP contribution in [0.25, 0.3) is 0 Å². The largest absolute Gasteiger partial charge is 0.356 e. The third-order valence-electron chi connectivity index (χ3n) is 4.73. The fourth-order valence-electron chi connectivity index (χ4n) is 3.30. The highest BCUT2D eigenvalue weighted by molar-refractivity contribution is 5.76. The first-order valence-corrected chi connectivity index (χ1v) is 8.40. The molecule has 120 valence electrons. The van der Waals surface area contributed by atoms with Crippen LogP contribution in [-0.2, 0) is 9.59 Å². The molecule has 2 amide bonds. The lowest BCUT2D eigenvalue weighted by Gasteiger charge is -2.32. The number of rotatable bonds is 5. The van der Waals surface area contributed by atoms with E-state index in [2.05, 4.69) is 10.6 Å². The van der Waals surface area contributed by atoms with E-state index in [1.165, 1.54) is 19.3 Å². The number of carbonyl (C=O) groups excluding carboxylic acids is 2. The van der Waals surface area contributed by atoms with Crippen molar-refractivity contribution in [2.75, 3.05) is 26.2 Å². The van der Waals surface area contributed by atoms with Crippen molar-refractivity contribution < 1.29 is 9.59 Å². The Morgan fingerprint density at radius 1 is 1.19 bits per heavy atom. The molecule has 0 saturated carbocycles. The molecule has 0 radical (unpaired) electrons. The van der Waals surface area contributed by atoms with E-state index in [1.807, 2.05) is 4.90 Å². The highest BCUT2D eigenvalue weighted by Gasteiger charge is 2.23. The number of likely N-dealkylation sites (tertiary alicyclic amines) is 1. The second-order valence-corrected chi connectivity index (χ2v) is 6.45. The maximum absolute atomic E-state index is 12.2. The molecular weight excluding hydrogens is 266 g/mol. The summed E-state index contributed by atoms with van der Waals surface area (Å²) >= 11 is 0. The number of carbonyl (C=O) groups is 2. The van der Waals surface area contributed by atoms with Crippen LogP contribution in [0.2, 0.25) is 0 Å². The van der Waals surface area contributed by atoms with E-state index in [9.17, 15) is 9.59 Å². The Balaban J connectivity index is 1.62. The molecule has 2 heterocycles. The van der Waals surface area contributed by atoms with Gasteiger partial charge in [-0.25, -0.2) is 0 Å². The predicted octanol–water partition coefficient (Wildman–Crippen LogP) is 1.28. The first-order chi connectivity index (χ1) is 10.1. The standard InChI is InChI=1S/C16H29N3O2/c1-13(20)18-12-14-7-10-19(11-8-14)16(21)6-5-15-4-2-3-9-17-15/h14-15,17H,2-12H2,1H3,(H,18,20). The van der Waals surface area contributed by atoms with E-state index in [4.69, 9.17) is 0 Å². The Hall–Kier alpha value is -1.10. The molecule has 1 unspecified atom stereocenters. The first-order valence-electron chi connectivity index (χ1n) is 8.40. The normalized spacial score (nSPS) is 23.9. The van der Waals surface area contributed by atoms with Gasteiger partial charge in [-0.05, 0) is 44.6 Å². The molecule has 5 heteroatoms. The van der Waals surface area contributed by atoms with Gasteiger partial charge in [0.05, 0.1) is 0 Å². The van der Waals surface area contributed by atoms with Gasteiger partial charge in [-0.15, -0.1) is 0 Å². The summed E-state index contributed by atoms with van der Waals surface area (Å²) in [4.78, 5) is 25.2. The molecule has 2 N–H and O–H groups in total. The van der Waals surface area contributed by atoms with Gasteiger partial charge in [0, 0.05) is 39.0 Å². The molecule has 0 bridgehead atoms. The van der Waals surface area contributed by atoms with Crippen LogP contribution in [0.15, 0.2) is 0 Å². The lowest BCUT2D eigenvalue weighted by Crippen LogP contribution is -2.42. The predicted molar refractivity (Wildman–Crippen MR) is 82.9 cm³/mol. The summed E-state index contributed by atoms with van der Waals surface area (Å²) in [5, 5.41) is 6.38. The number of piperidine rings is 2. The number of nitrogens with one attached hydrogen (secondary N) is 2. The van der Waals surface area contributed by atoms with Gasteiger partial charge >= 0.3 is 0 Å². The molecule has 2 fully saturated rings. The smallest absolute Gasteiger partial charge is 0.222 e. The quantitative estimate of drug-likeness (QED) is 0.803. The van der Waals surface area contributed by atoms with Crippen molar-refractivity contribution in [2.24, 2.45) is 5.92 Å². The van der Waals surface area contributed by atoms with Crippen molar-refractivity contribution in [1.82, 2.24) is 15.5 Å². The zero-order chi connectivity index (χ0) is 15.1.